The van der Waals surface area contributed by atoms with Gasteiger partial charge in [-0.15, -0.1) is 0 Å². The maximum Gasteiger partial charge on any atom is 0.0382 e. The van der Waals surface area contributed by atoms with E-state index >= 15 is 0 Å². The standard InChI is InChI=1S/C12H22BrN3/c1-10(2)7-14-4-5-16(3)9-12-6-11(13)8-15-12/h6,8,10,14-15H,4-5,7,9H2,1-3H3. The lowest BCUT2D eigenvalue weighted by molar-refractivity contribution is 0.318. The molecule has 1 aromatic rings. The minimum Gasteiger partial charge on any atom is -0.363 e. The summed E-state index contributed by atoms with van der Waals surface area (Å²) in [6.07, 6.45) is 1.97. The summed E-state index contributed by atoms with van der Waals surface area (Å²) in [6, 6.07) is 2.12. The highest BCUT2D eigenvalue weighted by Crippen LogP contribution is 2.11. The second-order valence-corrected chi connectivity index (χ2v) is 5.59. The van der Waals surface area contributed by atoms with Gasteiger partial charge in [-0.1, -0.05) is 13.8 Å². The molecule has 1 heterocycles. The number of rotatable bonds is 7. The van der Waals surface area contributed by atoms with Crippen molar-refractivity contribution in [3.8, 4) is 0 Å². The zero-order valence-electron chi connectivity index (χ0n) is 10.4. The number of aromatic amines is 1. The van der Waals surface area contributed by atoms with E-state index in [4.69, 9.17) is 0 Å². The number of H-pyrrole nitrogens is 1. The van der Waals surface area contributed by atoms with Gasteiger partial charge in [0, 0.05) is 36.0 Å². The van der Waals surface area contributed by atoms with Gasteiger partial charge in [-0.25, -0.2) is 0 Å². The molecule has 0 fully saturated rings. The molecule has 16 heavy (non-hydrogen) atoms. The van der Waals surface area contributed by atoms with Crippen molar-refractivity contribution in [3.63, 3.8) is 0 Å². The number of hydrogen-bond acceptors (Lipinski definition) is 2. The molecule has 0 saturated carbocycles. The summed E-state index contributed by atoms with van der Waals surface area (Å²) in [7, 11) is 2.14. The van der Waals surface area contributed by atoms with Gasteiger partial charge in [0.05, 0.1) is 0 Å². The third-order valence-corrected chi connectivity index (χ3v) is 2.83. The van der Waals surface area contributed by atoms with Crippen LogP contribution in [-0.2, 0) is 6.54 Å². The van der Waals surface area contributed by atoms with Crippen molar-refractivity contribution in [1.82, 2.24) is 15.2 Å². The van der Waals surface area contributed by atoms with Crippen molar-refractivity contribution >= 4 is 15.9 Å². The van der Waals surface area contributed by atoms with Crippen molar-refractivity contribution < 1.29 is 0 Å². The molecule has 0 aromatic carbocycles. The van der Waals surface area contributed by atoms with Crippen LogP contribution in [-0.4, -0.2) is 36.6 Å². The molecule has 0 unspecified atom stereocenters. The van der Waals surface area contributed by atoms with Crippen LogP contribution in [0.1, 0.15) is 19.5 Å². The maximum atomic E-state index is 3.45. The minimum atomic E-state index is 0.727. The highest BCUT2D eigenvalue weighted by Gasteiger charge is 2.02. The van der Waals surface area contributed by atoms with Crippen LogP contribution in [0.4, 0.5) is 0 Å². The van der Waals surface area contributed by atoms with Crippen LogP contribution >= 0.6 is 15.9 Å². The molecule has 0 saturated heterocycles. The molecule has 92 valence electrons. The average molecular weight is 288 g/mol. The molecule has 0 aliphatic heterocycles. The number of likely N-dealkylation sites (N-methyl/N-ethyl adjacent to an activating group) is 1. The Morgan fingerprint density at radius 1 is 1.50 bits per heavy atom. The molecular weight excluding hydrogens is 266 g/mol. The van der Waals surface area contributed by atoms with E-state index < -0.39 is 0 Å². The number of nitrogens with one attached hydrogen (secondary N) is 2. The highest BCUT2D eigenvalue weighted by molar-refractivity contribution is 9.10. The van der Waals surface area contributed by atoms with Gasteiger partial charge in [-0.3, -0.25) is 4.90 Å². The number of aromatic nitrogens is 1. The lowest BCUT2D eigenvalue weighted by atomic mass is 10.2. The second-order valence-electron chi connectivity index (χ2n) is 4.68. The summed E-state index contributed by atoms with van der Waals surface area (Å²) in [5, 5.41) is 3.45. The molecule has 0 aliphatic carbocycles. The first-order valence-electron chi connectivity index (χ1n) is 5.80. The van der Waals surface area contributed by atoms with E-state index in [0.29, 0.717) is 0 Å². The fourth-order valence-corrected chi connectivity index (χ4v) is 1.92. The Bertz CT molecular complexity index is 296. The summed E-state index contributed by atoms with van der Waals surface area (Å²) in [5.74, 6) is 0.727. The van der Waals surface area contributed by atoms with Gasteiger partial charge in [0.2, 0.25) is 0 Å². The summed E-state index contributed by atoms with van der Waals surface area (Å²) >= 11 is 3.44. The van der Waals surface area contributed by atoms with Crippen LogP contribution < -0.4 is 5.32 Å². The van der Waals surface area contributed by atoms with Crippen LogP contribution in [0.5, 0.6) is 0 Å². The lowest BCUT2D eigenvalue weighted by Crippen LogP contribution is -2.30. The van der Waals surface area contributed by atoms with Gasteiger partial charge in [0.15, 0.2) is 0 Å². The van der Waals surface area contributed by atoms with E-state index in [0.717, 1.165) is 36.6 Å². The molecule has 0 radical (unpaired) electrons. The summed E-state index contributed by atoms with van der Waals surface area (Å²) < 4.78 is 1.12. The molecule has 0 atom stereocenters. The molecule has 0 spiro atoms. The molecule has 3 nitrogen and oxygen atoms in total. The van der Waals surface area contributed by atoms with Crippen LogP contribution in [0, 0.1) is 5.92 Å². The largest absolute Gasteiger partial charge is 0.363 e. The van der Waals surface area contributed by atoms with E-state index in [1.165, 1.54) is 5.69 Å². The summed E-state index contributed by atoms with van der Waals surface area (Å²) in [6.45, 7) is 8.65. The molecule has 1 aromatic heterocycles. The third kappa shape index (κ3) is 5.68. The number of halogens is 1. The normalized spacial score (nSPS) is 11.6. The van der Waals surface area contributed by atoms with Crippen LogP contribution in [0.25, 0.3) is 0 Å². The van der Waals surface area contributed by atoms with Gasteiger partial charge in [-0.2, -0.15) is 0 Å². The third-order valence-electron chi connectivity index (χ3n) is 2.37. The van der Waals surface area contributed by atoms with Crippen molar-refractivity contribution in [3.05, 3.63) is 22.4 Å². The molecule has 4 heteroatoms. The Kier molecular flexibility index (Phi) is 6.09. The highest BCUT2D eigenvalue weighted by atomic mass is 79.9. The summed E-state index contributed by atoms with van der Waals surface area (Å²) in [5.41, 5.74) is 1.25. The Morgan fingerprint density at radius 2 is 2.25 bits per heavy atom. The van der Waals surface area contributed by atoms with Crippen molar-refractivity contribution in [2.45, 2.75) is 20.4 Å². The van der Waals surface area contributed by atoms with Crippen molar-refractivity contribution in [1.29, 1.82) is 0 Å². The number of nitrogens with zero attached hydrogens (tertiary/aromatic N) is 1. The monoisotopic (exact) mass is 287 g/mol. The molecule has 0 amide bonds. The maximum absolute atomic E-state index is 3.45. The lowest BCUT2D eigenvalue weighted by Gasteiger charge is -2.16. The Balaban J connectivity index is 2.13. The Hall–Kier alpha value is -0.320. The Labute approximate surface area is 107 Å². The van der Waals surface area contributed by atoms with Crippen molar-refractivity contribution in [2.24, 2.45) is 5.92 Å². The van der Waals surface area contributed by atoms with Crippen LogP contribution in [0.3, 0.4) is 0 Å². The zero-order chi connectivity index (χ0) is 12.0. The molecular formula is C12H22BrN3. The van der Waals surface area contributed by atoms with E-state index in [1.807, 2.05) is 6.20 Å². The average Bonchev–Trinajstić information content (AvgIpc) is 2.58. The Morgan fingerprint density at radius 3 is 2.81 bits per heavy atom. The quantitative estimate of drug-likeness (QED) is 0.755. The smallest absolute Gasteiger partial charge is 0.0382 e. The van der Waals surface area contributed by atoms with Crippen LogP contribution in [0.15, 0.2) is 16.7 Å². The van der Waals surface area contributed by atoms with E-state index in [9.17, 15) is 0 Å². The predicted molar refractivity (Wildman–Crippen MR) is 72.5 cm³/mol. The first-order chi connectivity index (χ1) is 7.58. The molecule has 0 bridgehead atoms. The molecule has 2 N–H and O–H groups in total. The van der Waals surface area contributed by atoms with Crippen molar-refractivity contribution in [2.75, 3.05) is 26.7 Å². The SMILES string of the molecule is CC(C)CNCCN(C)Cc1cc(Br)c[nH]1. The minimum absolute atomic E-state index is 0.727. The fraction of sp³-hybridized carbons (Fsp3) is 0.667. The van der Waals surface area contributed by atoms with E-state index in [2.05, 4.69) is 58.1 Å². The van der Waals surface area contributed by atoms with E-state index in [-0.39, 0.29) is 0 Å². The first kappa shape index (κ1) is 13.7. The summed E-state index contributed by atoms with van der Waals surface area (Å²) in [4.78, 5) is 5.55. The van der Waals surface area contributed by atoms with Crippen LogP contribution in [0.2, 0.25) is 0 Å². The zero-order valence-corrected chi connectivity index (χ0v) is 12.0. The molecule has 1 rings (SSSR count). The number of hydrogen-bond donors (Lipinski definition) is 2. The first-order valence-corrected chi connectivity index (χ1v) is 6.59. The molecule has 0 aliphatic rings. The van der Waals surface area contributed by atoms with Gasteiger partial charge in [0.25, 0.3) is 0 Å². The van der Waals surface area contributed by atoms with Gasteiger partial charge >= 0.3 is 0 Å². The van der Waals surface area contributed by atoms with Gasteiger partial charge < -0.3 is 10.3 Å². The topological polar surface area (TPSA) is 31.1 Å². The van der Waals surface area contributed by atoms with Gasteiger partial charge in [-0.05, 0) is 41.5 Å². The second kappa shape index (κ2) is 7.09. The fourth-order valence-electron chi connectivity index (χ4n) is 1.53. The predicted octanol–water partition coefficient (Wildman–Crippen LogP) is 2.45. The van der Waals surface area contributed by atoms with E-state index in [1.54, 1.807) is 0 Å². The van der Waals surface area contributed by atoms with Gasteiger partial charge in [0.1, 0.15) is 0 Å².